The normalized spacial score (nSPS) is 27.1. The Balaban J connectivity index is 1.61. The van der Waals surface area contributed by atoms with Gasteiger partial charge >= 0.3 is 0 Å². The van der Waals surface area contributed by atoms with Crippen molar-refractivity contribution in [1.29, 1.82) is 0 Å². The van der Waals surface area contributed by atoms with Gasteiger partial charge in [0, 0.05) is 17.6 Å². The van der Waals surface area contributed by atoms with Crippen molar-refractivity contribution in [3.05, 3.63) is 36.0 Å². The Bertz CT molecular complexity index is 713. The van der Waals surface area contributed by atoms with Crippen LogP contribution in [0.5, 0.6) is 5.75 Å². The highest BCUT2D eigenvalue weighted by atomic mass is 16.3. The van der Waals surface area contributed by atoms with Crippen LogP contribution in [-0.4, -0.2) is 22.0 Å². The third kappa shape index (κ3) is 2.06. The van der Waals surface area contributed by atoms with Gasteiger partial charge in [-0.1, -0.05) is 18.6 Å². The minimum Gasteiger partial charge on any atom is -0.505 e. The minimum atomic E-state index is -0.183. The summed E-state index contributed by atoms with van der Waals surface area (Å²) in [6.45, 7) is 0. The third-order valence-corrected chi connectivity index (χ3v) is 5.05. The Morgan fingerprint density at radius 2 is 2.14 bits per heavy atom. The molecule has 2 bridgehead atoms. The summed E-state index contributed by atoms with van der Waals surface area (Å²) in [7, 11) is 0. The molecule has 0 spiro atoms. The van der Waals surface area contributed by atoms with Crippen molar-refractivity contribution < 1.29 is 9.90 Å². The molecular formula is C17H18N2O2. The Labute approximate surface area is 123 Å². The zero-order chi connectivity index (χ0) is 14.4. The molecule has 2 N–H and O–H groups in total. The van der Waals surface area contributed by atoms with Crippen molar-refractivity contribution >= 4 is 16.8 Å². The number of carbonyl (C=O) groups is 1. The summed E-state index contributed by atoms with van der Waals surface area (Å²) in [4.78, 5) is 16.6. The molecule has 2 fully saturated rings. The number of hydrogen-bond donors (Lipinski definition) is 2. The first kappa shape index (κ1) is 12.6. The number of fused-ring (bicyclic) bond motifs is 3. The lowest BCUT2D eigenvalue weighted by Crippen LogP contribution is -2.38. The smallest absolute Gasteiger partial charge is 0.255 e. The summed E-state index contributed by atoms with van der Waals surface area (Å²) in [5.74, 6) is 1.21. The SMILES string of the molecule is O=C(N[C@@H]1CC2CCC1C2)c1ccc2cccnc2c1O. The number of phenolic OH excluding ortho intramolecular Hbond substituents is 1. The molecule has 21 heavy (non-hydrogen) atoms. The number of nitrogens with zero attached hydrogens (tertiary/aromatic N) is 1. The Hall–Kier alpha value is -2.10. The van der Waals surface area contributed by atoms with Crippen LogP contribution in [0.2, 0.25) is 0 Å². The number of carbonyl (C=O) groups excluding carboxylic acids is 1. The van der Waals surface area contributed by atoms with Gasteiger partial charge in [0.15, 0.2) is 5.75 Å². The van der Waals surface area contributed by atoms with Crippen LogP contribution in [0.4, 0.5) is 0 Å². The van der Waals surface area contributed by atoms with Gasteiger partial charge in [0.25, 0.3) is 5.91 Å². The number of amides is 1. The summed E-state index contributed by atoms with van der Waals surface area (Å²) in [6.07, 6.45) is 6.49. The first-order valence-corrected chi connectivity index (χ1v) is 7.60. The number of hydrogen-bond acceptors (Lipinski definition) is 3. The molecule has 2 saturated carbocycles. The van der Waals surface area contributed by atoms with Gasteiger partial charge in [-0.05, 0) is 43.2 Å². The number of pyridine rings is 1. The van der Waals surface area contributed by atoms with Crippen LogP contribution in [0.3, 0.4) is 0 Å². The quantitative estimate of drug-likeness (QED) is 0.890. The Morgan fingerprint density at radius 3 is 2.90 bits per heavy atom. The van der Waals surface area contributed by atoms with E-state index in [1.54, 1.807) is 12.3 Å². The predicted molar refractivity (Wildman–Crippen MR) is 80.1 cm³/mol. The van der Waals surface area contributed by atoms with Gasteiger partial charge < -0.3 is 10.4 Å². The van der Waals surface area contributed by atoms with E-state index < -0.39 is 0 Å². The van der Waals surface area contributed by atoms with E-state index in [0.29, 0.717) is 17.0 Å². The maximum Gasteiger partial charge on any atom is 0.255 e. The lowest BCUT2D eigenvalue weighted by Gasteiger charge is -2.23. The molecule has 3 atom stereocenters. The second kappa shape index (κ2) is 4.72. The largest absolute Gasteiger partial charge is 0.505 e. The molecule has 2 aliphatic carbocycles. The second-order valence-electron chi connectivity index (χ2n) is 6.29. The van der Waals surface area contributed by atoms with E-state index in [0.717, 1.165) is 17.7 Å². The fourth-order valence-corrected chi connectivity index (χ4v) is 3.98. The van der Waals surface area contributed by atoms with Gasteiger partial charge in [0.2, 0.25) is 0 Å². The third-order valence-electron chi connectivity index (χ3n) is 5.05. The van der Waals surface area contributed by atoms with Crippen LogP contribution in [0, 0.1) is 11.8 Å². The number of aromatic hydroxyl groups is 1. The molecule has 108 valence electrons. The number of benzene rings is 1. The van der Waals surface area contributed by atoms with Gasteiger partial charge in [-0.3, -0.25) is 9.78 Å². The summed E-state index contributed by atoms with van der Waals surface area (Å²) >= 11 is 0. The molecule has 1 amide bonds. The Kier molecular flexibility index (Phi) is 2.84. The van der Waals surface area contributed by atoms with Crippen molar-refractivity contribution in [1.82, 2.24) is 10.3 Å². The molecule has 1 aromatic carbocycles. The topological polar surface area (TPSA) is 62.2 Å². The first-order chi connectivity index (χ1) is 10.2. The van der Waals surface area contributed by atoms with Crippen LogP contribution in [0.1, 0.15) is 36.0 Å². The zero-order valence-electron chi connectivity index (χ0n) is 11.7. The summed E-state index contributed by atoms with van der Waals surface area (Å²) in [5.41, 5.74) is 0.807. The molecule has 0 radical (unpaired) electrons. The number of phenols is 1. The van der Waals surface area contributed by atoms with E-state index in [1.165, 1.54) is 19.3 Å². The summed E-state index contributed by atoms with van der Waals surface area (Å²) in [6, 6.07) is 7.48. The molecule has 4 nitrogen and oxygen atoms in total. The fraction of sp³-hybridized carbons (Fsp3) is 0.412. The zero-order valence-corrected chi connectivity index (χ0v) is 11.7. The number of nitrogens with one attached hydrogen (secondary N) is 1. The highest BCUT2D eigenvalue weighted by Gasteiger charge is 2.40. The van der Waals surface area contributed by atoms with E-state index in [2.05, 4.69) is 10.3 Å². The van der Waals surface area contributed by atoms with Crippen molar-refractivity contribution in [2.24, 2.45) is 11.8 Å². The highest BCUT2D eigenvalue weighted by Crippen LogP contribution is 2.44. The molecule has 4 rings (SSSR count). The van der Waals surface area contributed by atoms with Gasteiger partial charge in [0.05, 0.1) is 5.56 Å². The first-order valence-electron chi connectivity index (χ1n) is 7.60. The van der Waals surface area contributed by atoms with Crippen LogP contribution in [0.15, 0.2) is 30.5 Å². The van der Waals surface area contributed by atoms with E-state index in [4.69, 9.17) is 0 Å². The minimum absolute atomic E-state index is 0.0197. The van der Waals surface area contributed by atoms with Gasteiger partial charge in [-0.2, -0.15) is 0 Å². The van der Waals surface area contributed by atoms with E-state index in [-0.39, 0.29) is 17.7 Å². The molecule has 1 aromatic heterocycles. The van der Waals surface area contributed by atoms with Gasteiger partial charge in [-0.15, -0.1) is 0 Å². The maximum absolute atomic E-state index is 12.4. The monoisotopic (exact) mass is 282 g/mol. The van der Waals surface area contributed by atoms with Crippen molar-refractivity contribution in [2.75, 3.05) is 0 Å². The van der Waals surface area contributed by atoms with E-state index >= 15 is 0 Å². The molecule has 2 aromatic rings. The van der Waals surface area contributed by atoms with E-state index in [9.17, 15) is 9.90 Å². The second-order valence-corrected chi connectivity index (χ2v) is 6.29. The van der Waals surface area contributed by atoms with Crippen LogP contribution in [-0.2, 0) is 0 Å². The average Bonchev–Trinajstić information content (AvgIpc) is 3.10. The molecular weight excluding hydrogens is 264 g/mol. The molecule has 0 saturated heterocycles. The molecule has 2 unspecified atom stereocenters. The van der Waals surface area contributed by atoms with Crippen LogP contribution in [0.25, 0.3) is 10.9 Å². The van der Waals surface area contributed by atoms with Crippen molar-refractivity contribution in [3.63, 3.8) is 0 Å². The lowest BCUT2D eigenvalue weighted by molar-refractivity contribution is 0.0920. The number of rotatable bonds is 2. The molecule has 0 aliphatic heterocycles. The van der Waals surface area contributed by atoms with E-state index in [1.807, 2.05) is 18.2 Å². The van der Waals surface area contributed by atoms with Crippen LogP contribution >= 0.6 is 0 Å². The maximum atomic E-state index is 12.4. The molecule has 1 heterocycles. The van der Waals surface area contributed by atoms with Crippen LogP contribution < -0.4 is 5.32 Å². The fourth-order valence-electron chi connectivity index (χ4n) is 3.98. The lowest BCUT2D eigenvalue weighted by atomic mass is 9.95. The summed E-state index contributed by atoms with van der Waals surface area (Å²) < 4.78 is 0. The Morgan fingerprint density at radius 1 is 1.24 bits per heavy atom. The van der Waals surface area contributed by atoms with Gasteiger partial charge in [0.1, 0.15) is 5.52 Å². The van der Waals surface area contributed by atoms with Gasteiger partial charge in [-0.25, -0.2) is 0 Å². The average molecular weight is 282 g/mol. The highest BCUT2D eigenvalue weighted by molar-refractivity contribution is 6.02. The number of aromatic nitrogens is 1. The molecule has 4 heteroatoms. The molecule has 2 aliphatic rings. The van der Waals surface area contributed by atoms with Crippen molar-refractivity contribution in [3.8, 4) is 5.75 Å². The predicted octanol–water partition coefficient (Wildman–Crippen LogP) is 2.86. The summed E-state index contributed by atoms with van der Waals surface area (Å²) in [5, 5.41) is 14.2. The van der Waals surface area contributed by atoms with Crippen molar-refractivity contribution in [2.45, 2.75) is 31.7 Å². The standard InChI is InChI=1S/C17H18N2O2/c20-16-13(6-5-11-2-1-7-18-15(11)16)17(21)19-14-9-10-3-4-12(14)8-10/h1-2,5-7,10,12,14,20H,3-4,8-9H2,(H,19,21)/t10?,12?,14-/m1/s1.